The van der Waals surface area contributed by atoms with Gasteiger partial charge in [0.1, 0.15) is 34.5 Å². The second-order valence-corrected chi connectivity index (χ2v) is 15.0. The Labute approximate surface area is 267 Å². The summed E-state index contributed by atoms with van der Waals surface area (Å²) in [6, 6.07) is 13.5. The molecule has 1 amide bonds. The lowest BCUT2D eigenvalue weighted by Gasteiger charge is -2.45. The van der Waals surface area contributed by atoms with Gasteiger partial charge < -0.3 is 15.2 Å². The summed E-state index contributed by atoms with van der Waals surface area (Å²) in [5.41, 5.74) is 4.53. The molecule has 1 aromatic carbocycles. The Balaban J connectivity index is 1.00. The molecule has 7 rings (SSSR count). The van der Waals surface area contributed by atoms with E-state index in [2.05, 4.69) is 46.3 Å². The predicted molar refractivity (Wildman–Crippen MR) is 179 cm³/mol. The molecular formula is C32H36N8O3S2. The molecule has 45 heavy (non-hydrogen) atoms. The summed E-state index contributed by atoms with van der Waals surface area (Å²) >= 11 is 0. The number of hydrogen-bond acceptors (Lipinski definition) is 8. The summed E-state index contributed by atoms with van der Waals surface area (Å²) in [6.07, 6.45) is 7.28. The molecule has 0 spiro atoms. The second-order valence-electron chi connectivity index (χ2n) is 12.1. The van der Waals surface area contributed by atoms with Gasteiger partial charge in [0.05, 0.1) is 5.39 Å². The molecule has 2 fully saturated rings. The molecule has 0 radical (unpaired) electrons. The third-order valence-electron chi connectivity index (χ3n) is 8.86. The summed E-state index contributed by atoms with van der Waals surface area (Å²) in [6.45, 7) is 6.83. The molecule has 234 valence electrons. The molecule has 11 nitrogen and oxygen atoms in total. The number of nitrogens with one attached hydrogen (secondary N) is 2. The fourth-order valence-corrected chi connectivity index (χ4v) is 8.80. The fourth-order valence-electron chi connectivity index (χ4n) is 6.53. The average molecular weight is 645 g/mol. The van der Waals surface area contributed by atoms with Crippen molar-refractivity contribution < 1.29 is 13.2 Å². The molecule has 3 aliphatic rings. The predicted octanol–water partition coefficient (Wildman–Crippen LogP) is 3.69. The quantitative estimate of drug-likeness (QED) is 0.312. The number of H-pyrrole nitrogens is 1. The van der Waals surface area contributed by atoms with E-state index in [1.54, 1.807) is 17.9 Å². The Kier molecular flexibility index (Phi) is 8.34. The number of pyridine rings is 1. The highest BCUT2D eigenvalue weighted by Gasteiger charge is 2.39. The highest BCUT2D eigenvalue weighted by atomic mass is 32.2. The van der Waals surface area contributed by atoms with Crippen molar-refractivity contribution in [2.45, 2.75) is 31.8 Å². The standard InChI is InChI=1S/C32H36N8O3S2/c1-32(40-12-3-15-45(40)43)9-2-11-38(21-32)20-23-8-10-33-28(18-23)31(41)36-25-6-4-24(5-7-25)27-19-26-29(37-27)34-22-35-30(26)39-13-16-44(42)17-14-39/h3-8,10,15,18-19,22H,2,9,11-14,16-17,20-21H2,1H3,(H,36,41)(H,34,35,37). The number of aromatic nitrogens is 4. The lowest BCUT2D eigenvalue weighted by molar-refractivity contribution is 0.0830. The first-order valence-corrected chi connectivity index (χ1v) is 17.9. The molecular weight excluding hydrogens is 609 g/mol. The van der Waals surface area contributed by atoms with E-state index in [0.717, 1.165) is 66.1 Å². The number of anilines is 2. The van der Waals surface area contributed by atoms with Crippen LogP contribution in [-0.2, 0) is 28.3 Å². The average Bonchev–Trinajstić information content (AvgIpc) is 3.69. The smallest absolute Gasteiger partial charge is 0.274 e. The van der Waals surface area contributed by atoms with Gasteiger partial charge in [0.2, 0.25) is 0 Å². The molecule has 2 N–H and O–H groups in total. The molecule has 2 atom stereocenters. The van der Waals surface area contributed by atoms with Gasteiger partial charge in [-0.1, -0.05) is 18.2 Å². The Morgan fingerprint density at radius 3 is 2.64 bits per heavy atom. The van der Waals surface area contributed by atoms with E-state index in [-0.39, 0.29) is 11.4 Å². The van der Waals surface area contributed by atoms with E-state index >= 15 is 0 Å². The van der Waals surface area contributed by atoms with Gasteiger partial charge in [0, 0.05) is 83.6 Å². The van der Waals surface area contributed by atoms with Gasteiger partial charge in [-0.25, -0.2) is 18.5 Å². The van der Waals surface area contributed by atoms with Crippen LogP contribution >= 0.6 is 0 Å². The topological polar surface area (TPSA) is 127 Å². The molecule has 2 unspecified atom stereocenters. The van der Waals surface area contributed by atoms with Crippen molar-refractivity contribution >= 4 is 50.2 Å². The maximum absolute atomic E-state index is 13.2. The summed E-state index contributed by atoms with van der Waals surface area (Å²) in [4.78, 5) is 34.4. The minimum absolute atomic E-state index is 0.148. The van der Waals surface area contributed by atoms with Crippen molar-refractivity contribution in [3.63, 3.8) is 0 Å². The van der Waals surface area contributed by atoms with Crippen LogP contribution in [-0.4, -0.2) is 93.2 Å². The molecule has 3 aliphatic heterocycles. The van der Waals surface area contributed by atoms with Gasteiger partial charge in [0.25, 0.3) is 5.91 Å². The summed E-state index contributed by atoms with van der Waals surface area (Å²) in [7, 11) is -1.82. The fraction of sp³-hybridized carbons (Fsp3) is 0.375. The Morgan fingerprint density at radius 2 is 1.87 bits per heavy atom. The second kappa shape index (κ2) is 12.5. The van der Waals surface area contributed by atoms with Crippen LogP contribution in [0.25, 0.3) is 22.3 Å². The number of carbonyl (C=O) groups excluding carboxylic acids is 1. The molecule has 0 bridgehead atoms. The maximum Gasteiger partial charge on any atom is 0.274 e. The lowest BCUT2D eigenvalue weighted by Crippen LogP contribution is -2.56. The van der Waals surface area contributed by atoms with Crippen LogP contribution in [0.2, 0.25) is 0 Å². The Morgan fingerprint density at radius 1 is 1.04 bits per heavy atom. The van der Waals surface area contributed by atoms with Crippen molar-refractivity contribution in [2.24, 2.45) is 0 Å². The number of benzene rings is 1. The van der Waals surface area contributed by atoms with Crippen molar-refractivity contribution in [3.05, 3.63) is 77.7 Å². The highest BCUT2D eigenvalue weighted by molar-refractivity contribution is 7.86. The van der Waals surface area contributed by atoms with Gasteiger partial charge in [-0.2, -0.15) is 0 Å². The zero-order valence-electron chi connectivity index (χ0n) is 25.1. The van der Waals surface area contributed by atoms with Crippen LogP contribution in [0.4, 0.5) is 11.5 Å². The summed E-state index contributed by atoms with van der Waals surface area (Å²) in [5, 5.41) is 5.69. The number of rotatable bonds is 7. The van der Waals surface area contributed by atoms with Crippen molar-refractivity contribution in [2.75, 3.05) is 54.4 Å². The summed E-state index contributed by atoms with van der Waals surface area (Å²) in [5.74, 6) is 1.89. The van der Waals surface area contributed by atoms with Gasteiger partial charge in [-0.15, -0.1) is 0 Å². The van der Waals surface area contributed by atoms with Gasteiger partial charge >= 0.3 is 0 Å². The van der Waals surface area contributed by atoms with E-state index in [1.165, 1.54) is 0 Å². The number of fused-ring (bicyclic) bond motifs is 1. The monoisotopic (exact) mass is 644 g/mol. The first-order valence-electron chi connectivity index (χ1n) is 15.2. The van der Waals surface area contributed by atoms with Crippen molar-refractivity contribution in [1.82, 2.24) is 29.1 Å². The van der Waals surface area contributed by atoms with Gasteiger partial charge in [0.15, 0.2) is 0 Å². The number of nitrogens with zero attached hydrogens (tertiary/aromatic N) is 6. The van der Waals surface area contributed by atoms with Crippen molar-refractivity contribution in [3.8, 4) is 11.3 Å². The SMILES string of the molecule is CC1(N2CC=CS2=O)CCCN(Cc2ccnc(C(=O)Nc3ccc(-c4cc5c(N6CCS(=O)CC6)ncnc5[nH]4)cc3)c2)C1. The number of carbonyl (C=O) groups is 1. The maximum atomic E-state index is 13.2. The van der Waals surface area contributed by atoms with Gasteiger partial charge in [-0.3, -0.25) is 18.9 Å². The minimum atomic E-state index is -1.06. The normalized spacial score (nSPS) is 23.1. The number of amides is 1. The van der Waals surface area contributed by atoms with Crippen molar-refractivity contribution in [1.29, 1.82) is 0 Å². The number of likely N-dealkylation sites (tertiary alicyclic amines) is 1. The highest BCUT2D eigenvalue weighted by Crippen LogP contribution is 2.32. The van der Waals surface area contributed by atoms with E-state index in [9.17, 15) is 13.2 Å². The molecule has 6 heterocycles. The molecule has 0 aliphatic carbocycles. The van der Waals surface area contributed by atoms with E-state index in [4.69, 9.17) is 0 Å². The first kappa shape index (κ1) is 29.9. The number of piperidine rings is 1. The Hall–Kier alpha value is -3.78. The molecule has 0 saturated carbocycles. The van der Waals surface area contributed by atoms with Crippen LogP contribution in [0.5, 0.6) is 0 Å². The number of aromatic amines is 1. The van der Waals surface area contributed by atoms with E-state index < -0.39 is 21.8 Å². The molecule has 4 aromatic rings. The molecule has 13 heteroatoms. The largest absolute Gasteiger partial charge is 0.354 e. The van der Waals surface area contributed by atoms with Crippen LogP contribution in [0.1, 0.15) is 35.8 Å². The zero-order valence-corrected chi connectivity index (χ0v) is 26.8. The first-order chi connectivity index (χ1) is 21.8. The molecule has 2 saturated heterocycles. The van der Waals surface area contributed by atoms with Crippen LogP contribution < -0.4 is 10.2 Å². The minimum Gasteiger partial charge on any atom is -0.354 e. The van der Waals surface area contributed by atoms with E-state index in [0.29, 0.717) is 42.5 Å². The van der Waals surface area contributed by atoms with Crippen LogP contribution in [0, 0.1) is 0 Å². The van der Waals surface area contributed by atoms with Gasteiger partial charge in [-0.05, 0) is 67.8 Å². The Bertz CT molecular complexity index is 1800. The van der Waals surface area contributed by atoms with Crippen LogP contribution in [0.3, 0.4) is 0 Å². The molecule has 3 aromatic heterocycles. The third-order valence-corrected chi connectivity index (χ3v) is 11.6. The lowest BCUT2D eigenvalue weighted by atomic mass is 9.90. The van der Waals surface area contributed by atoms with Crippen LogP contribution in [0.15, 0.2) is 66.5 Å². The van der Waals surface area contributed by atoms with E-state index in [1.807, 2.05) is 48.5 Å². The zero-order chi connectivity index (χ0) is 31.0. The number of hydrogen-bond donors (Lipinski definition) is 2. The summed E-state index contributed by atoms with van der Waals surface area (Å²) < 4.78 is 26.4. The third kappa shape index (κ3) is 6.35.